The Morgan fingerprint density at radius 1 is 1.06 bits per heavy atom. The van der Waals surface area contributed by atoms with Crippen LogP contribution in [-0.4, -0.2) is 53.4 Å². The Morgan fingerprint density at radius 2 is 1.74 bits per heavy atom. The lowest BCUT2D eigenvalue weighted by Crippen LogP contribution is -2.53. The number of piperidine rings is 1. The molecule has 2 aliphatic heterocycles. The molecule has 0 bridgehead atoms. The van der Waals surface area contributed by atoms with Gasteiger partial charge in [0.05, 0.1) is 0 Å². The van der Waals surface area contributed by atoms with Crippen LogP contribution in [0.4, 0.5) is 0 Å². The van der Waals surface area contributed by atoms with E-state index in [-0.39, 0.29) is 23.3 Å². The van der Waals surface area contributed by atoms with Crippen molar-refractivity contribution in [3.8, 4) is 5.75 Å². The van der Waals surface area contributed by atoms with Gasteiger partial charge in [0, 0.05) is 57.3 Å². The number of fused-ring (bicyclic) bond motifs is 1. The van der Waals surface area contributed by atoms with E-state index in [0.717, 1.165) is 69.6 Å². The monoisotopic (exact) mass is 426 g/mol. The molecule has 1 saturated heterocycles. The lowest BCUT2D eigenvalue weighted by atomic mass is 9.75. The van der Waals surface area contributed by atoms with Crippen LogP contribution in [0, 0.1) is 5.92 Å². The zero-order chi connectivity index (χ0) is 21.8. The topological polar surface area (TPSA) is 49.9 Å². The molecule has 5 heteroatoms. The molecule has 5 nitrogen and oxygen atoms in total. The maximum absolute atomic E-state index is 13.0. The van der Waals surface area contributed by atoms with Gasteiger partial charge in [-0.25, -0.2) is 0 Å². The number of carbonyl (C=O) groups excluding carboxylic acids is 2. The van der Waals surface area contributed by atoms with Gasteiger partial charge < -0.3 is 14.5 Å². The van der Waals surface area contributed by atoms with Gasteiger partial charge in [-0.1, -0.05) is 37.5 Å². The summed E-state index contributed by atoms with van der Waals surface area (Å²) in [7, 11) is 0. The van der Waals surface area contributed by atoms with Crippen LogP contribution in [0.25, 0.3) is 0 Å². The minimum Gasteiger partial charge on any atom is -0.487 e. The van der Waals surface area contributed by atoms with Gasteiger partial charge >= 0.3 is 0 Å². The van der Waals surface area contributed by atoms with E-state index >= 15 is 0 Å². The zero-order valence-corrected chi connectivity index (χ0v) is 19.3. The molecule has 1 unspecified atom stereocenters. The largest absolute Gasteiger partial charge is 0.487 e. The van der Waals surface area contributed by atoms with E-state index in [1.165, 1.54) is 19.3 Å². The Bertz CT molecular complexity index is 775. The predicted molar refractivity (Wildman–Crippen MR) is 122 cm³/mol. The molecule has 0 radical (unpaired) electrons. The molecule has 1 aromatic carbocycles. The van der Waals surface area contributed by atoms with Crippen LogP contribution in [0.3, 0.4) is 0 Å². The molecule has 3 aliphatic rings. The van der Waals surface area contributed by atoms with Crippen LogP contribution in [0.5, 0.6) is 5.75 Å². The summed E-state index contributed by atoms with van der Waals surface area (Å²) in [5.41, 5.74) is 0.903. The van der Waals surface area contributed by atoms with E-state index in [9.17, 15) is 9.59 Å². The summed E-state index contributed by atoms with van der Waals surface area (Å²) in [6.07, 6.45) is 8.88. The molecule has 1 aliphatic carbocycles. The van der Waals surface area contributed by atoms with Crippen LogP contribution in [-0.2, 0) is 9.59 Å². The van der Waals surface area contributed by atoms with Gasteiger partial charge in [0.15, 0.2) is 0 Å². The first kappa shape index (κ1) is 22.2. The van der Waals surface area contributed by atoms with E-state index in [1.807, 2.05) is 36.9 Å². The van der Waals surface area contributed by atoms with Gasteiger partial charge in [-0.2, -0.15) is 0 Å². The minimum atomic E-state index is -0.258. The first-order chi connectivity index (χ1) is 15.0. The maximum atomic E-state index is 13.0. The molecule has 1 spiro atoms. The van der Waals surface area contributed by atoms with Crippen LogP contribution in [0.2, 0.25) is 0 Å². The highest BCUT2D eigenvalue weighted by Crippen LogP contribution is 2.47. The summed E-state index contributed by atoms with van der Waals surface area (Å²) >= 11 is 0. The van der Waals surface area contributed by atoms with Crippen molar-refractivity contribution >= 4 is 11.8 Å². The molecule has 2 amide bonds. The van der Waals surface area contributed by atoms with Gasteiger partial charge in [-0.15, -0.1) is 0 Å². The molecule has 0 aromatic heterocycles. The minimum absolute atomic E-state index is 0.179. The van der Waals surface area contributed by atoms with E-state index in [1.54, 1.807) is 0 Å². The zero-order valence-electron chi connectivity index (χ0n) is 19.3. The van der Waals surface area contributed by atoms with Crippen molar-refractivity contribution in [3.05, 3.63) is 29.8 Å². The first-order valence-corrected chi connectivity index (χ1v) is 12.4. The van der Waals surface area contributed by atoms with Crippen molar-refractivity contribution in [1.82, 2.24) is 9.80 Å². The van der Waals surface area contributed by atoms with E-state index in [2.05, 4.69) is 11.0 Å². The third kappa shape index (κ3) is 4.75. The fourth-order valence-corrected chi connectivity index (χ4v) is 5.89. The summed E-state index contributed by atoms with van der Waals surface area (Å²) in [5, 5.41) is 0. The Morgan fingerprint density at radius 3 is 2.42 bits per heavy atom. The summed E-state index contributed by atoms with van der Waals surface area (Å²) in [5.74, 6) is 1.93. The van der Waals surface area contributed by atoms with E-state index < -0.39 is 0 Å². The van der Waals surface area contributed by atoms with Crippen LogP contribution >= 0.6 is 0 Å². The molecule has 170 valence electrons. The number of benzene rings is 1. The van der Waals surface area contributed by atoms with Crippen molar-refractivity contribution in [1.29, 1.82) is 0 Å². The normalized spacial score (nSPS) is 23.2. The van der Waals surface area contributed by atoms with Gasteiger partial charge in [-0.3, -0.25) is 9.59 Å². The molecule has 1 saturated carbocycles. The van der Waals surface area contributed by atoms with Crippen molar-refractivity contribution in [2.24, 2.45) is 5.92 Å². The highest BCUT2D eigenvalue weighted by Gasteiger charge is 2.45. The predicted octanol–water partition coefficient (Wildman–Crippen LogP) is 4.75. The van der Waals surface area contributed by atoms with Crippen molar-refractivity contribution < 1.29 is 14.3 Å². The Kier molecular flexibility index (Phi) is 6.88. The van der Waals surface area contributed by atoms with Gasteiger partial charge in [0.1, 0.15) is 11.4 Å². The van der Waals surface area contributed by atoms with Crippen LogP contribution in [0.1, 0.15) is 83.1 Å². The number of hydrogen-bond acceptors (Lipinski definition) is 3. The fourth-order valence-electron chi connectivity index (χ4n) is 5.89. The molecule has 2 heterocycles. The molecule has 1 aromatic rings. The number of hydrogen-bond donors (Lipinski definition) is 0. The number of ether oxygens (including phenoxy) is 1. The molecular formula is C26H38N2O3. The molecule has 1 atom stereocenters. The van der Waals surface area contributed by atoms with Gasteiger partial charge in [-0.05, 0) is 44.7 Å². The average molecular weight is 427 g/mol. The Balaban J connectivity index is 1.46. The number of likely N-dealkylation sites (tertiary alicyclic amines) is 1. The maximum Gasteiger partial charge on any atom is 0.225 e. The molecular weight excluding hydrogens is 388 g/mol. The van der Waals surface area contributed by atoms with Crippen LogP contribution < -0.4 is 4.74 Å². The summed E-state index contributed by atoms with van der Waals surface area (Å²) in [4.78, 5) is 29.9. The Labute approximate surface area is 187 Å². The summed E-state index contributed by atoms with van der Waals surface area (Å²) in [6.45, 7) is 7.13. The number of para-hydroxylation sites is 1. The van der Waals surface area contributed by atoms with Crippen molar-refractivity contribution in [2.75, 3.05) is 26.2 Å². The van der Waals surface area contributed by atoms with Crippen molar-refractivity contribution in [3.63, 3.8) is 0 Å². The van der Waals surface area contributed by atoms with Crippen LogP contribution in [0.15, 0.2) is 24.3 Å². The number of nitrogens with zero attached hydrogens (tertiary/aromatic N) is 2. The van der Waals surface area contributed by atoms with E-state index in [0.29, 0.717) is 12.3 Å². The third-order valence-electron chi connectivity index (χ3n) is 7.78. The summed E-state index contributed by atoms with van der Waals surface area (Å²) < 4.78 is 6.60. The number of rotatable bonds is 5. The van der Waals surface area contributed by atoms with Gasteiger partial charge in [0.25, 0.3) is 0 Å². The third-order valence-corrected chi connectivity index (χ3v) is 7.78. The standard InChI is InChI=1S/C26H38N2O3/c1-3-27(4-2)24(29)18-21-19-26(31-23-13-9-8-12-22(21)23)14-16-28(17-15-26)25(30)20-10-6-5-7-11-20/h8-9,12-13,20-21H,3-7,10-11,14-19H2,1-2H3. The lowest BCUT2D eigenvalue weighted by molar-refractivity contribution is -0.140. The summed E-state index contributed by atoms with van der Waals surface area (Å²) in [6, 6.07) is 8.22. The average Bonchev–Trinajstić information content (AvgIpc) is 2.80. The fraction of sp³-hybridized carbons (Fsp3) is 0.692. The smallest absolute Gasteiger partial charge is 0.225 e. The molecule has 0 N–H and O–H groups in total. The number of carbonyl (C=O) groups is 2. The second-order valence-electron chi connectivity index (χ2n) is 9.65. The van der Waals surface area contributed by atoms with Gasteiger partial charge in [0.2, 0.25) is 11.8 Å². The van der Waals surface area contributed by atoms with Crippen molar-refractivity contribution in [2.45, 2.75) is 83.2 Å². The molecule has 2 fully saturated rings. The second kappa shape index (κ2) is 9.62. The SMILES string of the molecule is CCN(CC)C(=O)CC1CC2(CCN(C(=O)C3CCCCC3)CC2)Oc2ccccc21. The quantitative estimate of drug-likeness (QED) is 0.682. The lowest BCUT2D eigenvalue weighted by Gasteiger charge is -2.47. The first-order valence-electron chi connectivity index (χ1n) is 12.4. The highest BCUT2D eigenvalue weighted by molar-refractivity contribution is 5.79. The molecule has 31 heavy (non-hydrogen) atoms. The second-order valence-corrected chi connectivity index (χ2v) is 9.65. The Hall–Kier alpha value is -2.04. The highest BCUT2D eigenvalue weighted by atomic mass is 16.5. The van der Waals surface area contributed by atoms with E-state index in [4.69, 9.17) is 4.74 Å². The number of amides is 2. The molecule has 4 rings (SSSR count).